The molecule has 6 heteroatoms. The molecule has 0 unspecified atom stereocenters. The van der Waals surface area contributed by atoms with E-state index in [1.165, 1.54) is 0 Å². The van der Waals surface area contributed by atoms with E-state index in [0.717, 1.165) is 12.8 Å². The number of halogens is 1. The minimum atomic E-state index is -3.46. The summed E-state index contributed by atoms with van der Waals surface area (Å²) in [5.74, 6) is -0.895. The Kier molecular flexibility index (Phi) is 7.18. The van der Waals surface area contributed by atoms with Gasteiger partial charge in [-0.05, 0) is 31.0 Å². The molecule has 0 aliphatic rings. The lowest BCUT2D eigenvalue weighted by molar-refractivity contribution is -0.128. The van der Waals surface area contributed by atoms with Gasteiger partial charge in [0, 0.05) is 18.1 Å². The molecule has 0 aliphatic carbocycles. The van der Waals surface area contributed by atoms with Crippen molar-refractivity contribution >= 4 is 27.3 Å². The third-order valence-electron chi connectivity index (χ3n) is 3.16. The number of carbonyl (C=O) groups is 1. The van der Waals surface area contributed by atoms with Crippen LogP contribution in [0.25, 0.3) is 0 Å². The summed E-state index contributed by atoms with van der Waals surface area (Å²) in [5, 5.41) is 0.559. The maximum Gasteiger partial charge on any atom is 0.237 e. The van der Waals surface area contributed by atoms with E-state index in [1.54, 1.807) is 29.2 Å². The second kappa shape index (κ2) is 8.39. The maximum atomic E-state index is 12.1. The van der Waals surface area contributed by atoms with Gasteiger partial charge in [0.05, 0.1) is 5.75 Å². The largest absolute Gasteiger partial charge is 0.342 e. The Hall–Kier alpha value is -1.07. The minimum absolute atomic E-state index is 0.138. The first kappa shape index (κ1) is 18.0. The number of rotatable bonds is 8. The van der Waals surface area contributed by atoms with Crippen LogP contribution in [0.2, 0.25) is 5.02 Å². The minimum Gasteiger partial charge on any atom is -0.342 e. The second-order valence-corrected chi connectivity index (χ2v) is 7.49. The molecule has 0 bridgehead atoms. The van der Waals surface area contributed by atoms with Crippen LogP contribution in [0.3, 0.4) is 0 Å². The van der Waals surface area contributed by atoms with Crippen molar-refractivity contribution in [2.24, 2.45) is 0 Å². The van der Waals surface area contributed by atoms with Crippen LogP contribution in [-0.4, -0.2) is 38.1 Å². The SMILES string of the molecule is CCCCN(CC)C(=O)CS(=O)(=O)Cc1ccc(Cl)cc1. The van der Waals surface area contributed by atoms with Gasteiger partial charge >= 0.3 is 0 Å². The van der Waals surface area contributed by atoms with Crippen LogP contribution in [0, 0.1) is 0 Å². The van der Waals surface area contributed by atoms with Crippen molar-refractivity contribution in [2.75, 3.05) is 18.8 Å². The van der Waals surface area contributed by atoms with Gasteiger partial charge in [0.15, 0.2) is 9.84 Å². The van der Waals surface area contributed by atoms with E-state index >= 15 is 0 Å². The van der Waals surface area contributed by atoms with Gasteiger partial charge in [0.1, 0.15) is 5.75 Å². The molecule has 0 fully saturated rings. The number of amides is 1. The number of hydrogen-bond donors (Lipinski definition) is 0. The topological polar surface area (TPSA) is 54.5 Å². The van der Waals surface area contributed by atoms with Crippen LogP contribution >= 0.6 is 11.6 Å². The van der Waals surface area contributed by atoms with Crippen LogP contribution in [0.5, 0.6) is 0 Å². The first-order valence-electron chi connectivity index (χ1n) is 7.10. The Morgan fingerprint density at radius 3 is 2.33 bits per heavy atom. The monoisotopic (exact) mass is 331 g/mol. The molecule has 0 N–H and O–H groups in total. The molecule has 1 amide bonds. The normalized spacial score (nSPS) is 11.4. The lowest BCUT2D eigenvalue weighted by Crippen LogP contribution is -2.36. The second-order valence-electron chi connectivity index (χ2n) is 4.99. The van der Waals surface area contributed by atoms with Crippen LogP contribution < -0.4 is 0 Å². The Balaban J connectivity index is 2.66. The zero-order chi connectivity index (χ0) is 15.9. The van der Waals surface area contributed by atoms with Gasteiger partial charge in [-0.25, -0.2) is 8.42 Å². The molecule has 0 aromatic heterocycles. The number of benzene rings is 1. The summed E-state index contributed by atoms with van der Waals surface area (Å²) in [5.41, 5.74) is 0.642. The van der Waals surface area contributed by atoms with Crippen LogP contribution in [-0.2, 0) is 20.4 Å². The molecule has 0 spiro atoms. The average Bonchev–Trinajstić information content (AvgIpc) is 2.41. The van der Waals surface area contributed by atoms with Gasteiger partial charge in [0.25, 0.3) is 0 Å². The molecule has 0 radical (unpaired) electrons. The highest BCUT2D eigenvalue weighted by molar-refractivity contribution is 7.91. The quantitative estimate of drug-likeness (QED) is 0.736. The molecule has 1 rings (SSSR count). The molecule has 0 saturated carbocycles. The zero-order valence-electron chi connectivity index (χ0n) is 12.5. The van der Waals surface area contributed by atoms with Crippen LogP contribution in [0.1, 0.15) is 32.3 Å². The predicted molar refractivity (Wildman–Crippen MR) is 86.1 cm³/mol. The zero-order valence-corrected chi connectivity index (χ0v) is 14.1. The van der Waals surface area contributed by atoms with Gasteiger partial charge < -0.3 is 4.90 Å². The van der Waals surface area contributed by atoms with Gasteiger partial charge in [-0.1, -0.05) is 37.1 Å². The van der Waals surface area contributed by atoms with Crippen LogP contribution in [0.4, 0.5) is 0 Å². The fraction of sp³-hybridized carbons (Fsp3) is 0.533. The Labute approximate surface area is 132 Å². The number of nitrogens with zero attached hydrogens (tertiary/aromatic N) is 1. The highest BCUT2D eigenvalue weighted by Crippen LogP contribution is 2.13. The van der Waals surface area contributed by atoms with Gasteiger partial charge in [-0.2, -0.15) is 0 Å². The van der Waals surface area contributed by atoms with Crippen LogP contribution in [0.15, 0.2) is 24.3 Å². The summed E-state index contributed by atoms with van der Waals surface area (Å²) in [6, 6.07) is 6.62. The fourth-order valence-corrected chi connectivity index (χ4v) is 3.46. The molecule has 0 heterocycles. The van der Waals surface area contributed by atoms with E-state index in [2.05, 4.69) is 0 Å². The highest BCUT2D eigenvalue weighted by atomic mass is 35.5. The van der Waals surface area contributed by atoms with Crippen molar-refractivity contribution in [2.45, 2.75) is 32.4 Å². The van der Waals surface area contributed by atoms with Crippen molar-refractivity contribution in [3.05, 3.63) is 34.9 Å². The fourth-order valence-electron chi connectivity index (χ4n) is 1.97. The van der Waals surface area contributed by atoms with Gasteiger partial charge in [-0.3, -0.25) is 4.79 Å². The molecule has 4 nitrogen and oxygen atoms in total. The third-order valence-corrected chi connectivity index (χ3v) is 4.87. The molecule has 0 aliphatic heterocycles. The van der Waals surface area contributed by atoms with E-state index in [4.69, 9.17) is 11.6 Å². The number of carbonyl (C=O) groups excluding carboxylic acids is 1. The van der Waals surface area contributed by atoms with Gasteiger partial charge in [0.2, 0.25) is 5.91 Å². The number of sulfone groups is 1. The molecular weight excluding hydrogens is 310 g/mol. The lowest BCUT2D eigenvalue weighted by atomic mass is 10.2. The summed E-state index contributed by atoms with van der Waals surface area (Å²) in [4.78, 5) is 13.7. The van der Waals surface area contributed by atoms with Crippen molar-refractivity contribution in [1.82, 2.24) is 4.90 Å². The molecule has 21 heavy (non-hydrogen) atoms. The van der Waals surface area contributed by atoms with Crippen molar-refractivity contribution in [3.63, 3.8) is 0 Å². The predicted octanol–water partition coefficient (Wildman–Crippen LogP) is 2.90. The summed E-state index contributed by atoms with van der Waals surface area (Å²) in [7, 11) is -3.46. The Bertz CT molecular complexity index is 555. The molecule has 0 saturated heterocycles. The first-order chi connectivity index (χ1) is 9.88. The number of unbranched alkanes of at least 4 members (excludes halogenated alkanes) is 1. The molecule has 0 atom stereocenters. The summed E-state index contributed by atoms with van der Waals surface area (Å²) in [6.07, 6.45) is 1.86. The molecule has 1 aromatic carbocycles. The summed E-state index contributed by atoms with van der Waals surface area (Å²) >= 11 is 5.77. The van der Waals surface area contributed by atoms with E-state index in [-0.39, 0.29) is 11.7 Å². The molecule has 1 aromatic rings. The maximum absolute atomic E-state index is 12.1. The lowest BCUT2D eigenvalue weighted by Gasteiger charge is -2.20. The smallest absolute Gasteiger partial charge is 0.237 e. The molecular formula is C15H22ClNO3S. The van der Waals surface area contributed by atoms with E-state index in [0.29, 0.717) is 23.7 Å². The Morgan fingerprint density at radius 1 is 1.19 bits per heavy atom. The number of hydrogen-bond acceptors (Lipinski definition) is 3. The van der Waals surface area contributed by atoms with E-state index in [1.807, 2.05) is 13.8 Å². The Morgan fingerprint density at radius 2 is 1.81 bits per heavy atom. The summed E-state index contributed by atoms with van der Waals surface area (Å²) < 4.78 is 24.2. The third kappa shape index (κ3) is 6.48. The highest BCUT2D eigenvalue weighted by Gasteiger charge is 2.21. The van der Waals surface area contributed by atoms with E-state index < -0.39 is 15.6 Å². The molecule has 118 valence electrons. The first-order valence-corrected chi connectivity index (χ1v) is 9.30. The van der Waals surface area contributed by atoms with Crippen molar-refractivity contribution in [1.29, 1.82) is 0 Å². The van der Waals surface area contributed by atoms with Gasteiger partial charge in [-0.15, -0.1) is 0 Å². The summed E-state index contributed by atoms with van der Waals surface area (Å²) in [6.45, 7) is 5.05. The van der Waals surface area contributed by atoms with Crippen molar-refractivity contribution in [3.8, 4) is 0 Å². The van der Waals surface area contributed by atoms with Crippen molar-refractivity contribution < 1.29 is 13.2 Å². The standard InChI is InChI=1S/C15H22ClNO3S/c1-3-5-10-17(4-2)15(18)12-21(19,20)11-13-6-8-14(16)9-7-13/h6-9H,3-5,10-12H2,1-2H3. The van der Waals surface area contributed by atoms with E-state index in [9.17, 15) is 13.2 Å². The average molecular weight is 332 g/mol.